The van der Waals surface area contributed by atoms with E-state index in [-0.39, 0.29) is 18.9 Å². The number of nitrogens with one attached hydrogen (secondary N) is 1. The molecule has 1 saturated heterocycles. The van der Waals surface area contributed by atoms with E-state index in [1.165, 1.54) is 0 Å². The maximum atomic E-state index is 5.22. The SMILES string of the molecule is C1COCCOCCOCCO1.C[Si](C)(C)/[NH+]=c1\cccc[n-]1.[Li+]. The third-order valence-electron chi connectivity index (χ3n) is 2.66. The molecule has 1 N–H and O–H groups in total. The van der Waals surface area contributed by atoms with E-state index in [0.29, 0.717) is 52.9 Å². The third-order valence-corrected chi connectivity index (χ3v) is 3.66. The first kappa shape index (κ1) is 23.6. The second-order valence-corrected chi connectivity index (χ2v) is 10.8. The normalized spacial score (nSPS) is 18.2. The second-order valence-electron chi connectivity index (χ2n) is 6.04. The Morgan fingerprint density at radius 1 is 0.792 bits per heavy atom. The molecule has 1 aromatic heterocycles. The van der Waals surface area contributed by atoms with Crippen molar-refractivity contribution < 1.29 is 42.5 Å². The first-order valence-corrected chi connectivity index (χ1v) is 11.6. The van der Waals surface area contributed by atoms with Gasteiger partial charge in [-0.2, -0.15) is 0 Å². The molecule has 1 aromatic rings. The zero-order chi connectivity index (χ0) is 16.8. The molecular weight excluding hydrogens is 319 g/mol. The van der Waals surface area contributed by atoms with E-state index >= 15 is 0 Å². The summed E-state index contributed by atoms with van der Waals surface area (Å²) < 4.78 is 24.3. The summed E-state index contributed by atoms with van der Waals surface area (Å²) in [6.45, 7) is 11.9. The monoisotopic (exact) mass is 349 g/mol. The van der Waals surface area contributed by atoms with Crippen LogP contribution in [0.25, 0.3) is 0 Å². The summed E-state index contributed by atoms with van der Waals surface area (Å²) in [6, 6.07) is 5.92. The van der Waals surface area contributed by atoms with Crippen molar-refractivity contribution in [2.75, 3.05) is 52.9 Å². The van der Waals surface area contributed by atoms with Crippen molar-refractivity contribution in [2.45, 2.75) is 19.6 Å². The molecule has 2 heterocycles. The first-order chi connectivity index (χ1) is 11.1. The molecule has 8 heteroatoms. The van der Waals surface area contributed by atoms with Gasteiger partial charge in [-0.1, -0.05) is 25.7 Å². The van der Waals surface area contributed by atoms with Gasteiger partial charge in [0.25, 0.3) is 0 Å². The van der Waals surface area contributed by atoms with E-state index in [4.69, 9.17) is 18.9 Å². The van der Waals surface area contributed by atoms with Gasteiger partial charge in [-0.05, 0) is 12.1 Å². The van der Waals surface area contributed by atoms with Crippen LogP contribution < -0.4 is 34.0 Å². The van der Waals surface area contributed by atoms with Crippen LogP contribution >= 0.6 is 0 Å². The molecule has 24 heavy (non-hydrogen) atoms. The maximum Gasteiger partial charge on any atom is 1.00 e. The van der Waals surface area contributed by atoms with E-state index < -0.39 is 8.24 Å². The minimum atomic E-state index is -1.21. The number of pyridine rings is 1. The van der Waals surface area contributed by atoms with Crippen LogP contribution in [-0.2, 0) is 18.9 Å². The topological polar surface area (TPSA) is 65.0 Å². The van der Waals surface area contributed by atoms with E-state index in [9.17, 15) is 0 Å². The van der Waals surface area contributed by atoms with Crippen LogP contribution in [0.1, 0.15) is 0 Å². The van der Waals surface area contributed by atoms with Gasteiger partial charge in [-0.25, -0.2) is 4.98 Å². The van der Waals surface area contributed by atoms with Crippen LogP contribution in [0.4, 0.5) is 0 Å². The van der Waals surface area contributed by atoms with Gasteiger partial charge in [0, 0.05) is 6.20 Å². The van der Waals surface area contributed by atoms with E-state index in [2.05, 4.69) is 29.3 Å². The molecule has 132 valence electrons. The summed E-state index contributed by atoms with van der Waals surface area (Å²) in [5.74, 6) is 0. The molecule has 6 nitrogen and oxygen atoms in total. The molecule has 1 aliphatic rings. The average molecular weight is 349 g/mol. The minimum Gasteiger partial charge on any atom is -0.396 e. The molecule has 0 saturated carbocycles. The van der Waals surface area contributed by atoms with Gasteiger partial charge in [0.1, 0.15) is 13.7 Å². The van der Waals surface area contributed by atoms with Crippen molar-refractivity contribution >= 4 is 8.24 Å². The molecule has 0 bridgehead atoms. The summed E-state index contributed by atoms with van der Waals surface area (Å²) in [5, 5.41) is 0. The number of aromatic nitrogens is 1. The Labute approximate surface area is 158 Å². The molecule has 1 fully saturated rings. The second kappa shape index (κ2) is 14.9. The fourth-order valence-corrected chi connectivity index (χ4v) is 2.62. The zero-order valence-corrected chi connectivity index (χ0v) is 16.5. The van der Waals surface area contributed by atoms with Crippen LogP contribution in [0.15, 0.2) is 24.4 Å². The van der Waals surface area contributed by atoms with Crippen molar-refractivity contribution in [1.82, 2.24) is 4.98 Å². The smallest absolute Gasteiger partial charge is 0.396 e. The molecule has 2 rings (SSSR count). The number of hydrogen-bond acceptors (Lipinski definition) is 4. The number of hydrogen-bond donors (Lipinski definition) is 1. The van der Waals surface area contributed by atoms with Crippen molar-refractivity contribution in [3.8, 4) is 0 Å². The Morgan fingerprint density at radius 2 is 1.21 bits per heavy atom. The summed E-state index contributed by atoms with van der Waals surface area (Å²) >= 11 is 0. The quantitative estimate of drug-likeness (QED) is 0.534. The Balaban J connectivity index is 0.000000425. The van der Waals surface area contributed by atoms with Crippen LogP contribution in [0.3, 0.4) is 0 Å². The Hall–Kier alpha value is -0.396. The number of rotatable bonds is 1. The number of ether oxygens (including phenoxy) is 4. The van der Waals surface area contributed by atoms with Gasteiger partial charge < -0.3 is 23.6 Å². The van der Waals surface area contributed by atoms with Crippen LogP contribution in [0.5, 0.6) is 0 Å². The van der Waals surface area contributed by atoms with E-state index in [0.717, 1.165) is 5.49 Å². The molecule has 1 aliphatic heterocycles. The van der Waals surface area contributed by atoms with Gasteiger partial charge in [0.05, 0.1) is 52.9 Å². The molecular formula is C16H30LiN2O4Si+. The summed E-state index contributed by atoms with van der Waals surface area (Å²) in [5.41, 5.74) is 0.992. The predicted octanol–water partition coefficient (Wildman–Crippen LogP) is -3.47. The molecule has 0 unspecified atom stereocenters. The van der Waals surface area contributed by atoms with Gasteiger partial charge >= 0.3 is 18.9 Å². The zero-order valence-electron chi connectivity index (χ0n) is 15.5. The molecule has 0 atom stereocenters. The molecule has 0 aliphatic carbocycles. The van der Waals surface area contributed by atoms with Crippen molar-refractivity contribution in [2.24, 2.45) is 0 Å². The van der Waals surface area contributed by atoms with Crippen LogP contribution in [0.2, 0.25) is 19.6 Å². The Morgan fingerprint density at radius 3 is 1.50 bits per heavy atom. The fraction of sp³-hybridized carbons (Fsp3) is 0.688. The first-order valence-electron chi connectivity index (χ1n) is 8.08. The van der Waals surface area contributed by atoms with Crippen molar-refractivity contribution in [1.29, 1.82) is 0 Å². The Kier molecular flexibility index (Phi) is 14.7. The Bertz CT molecular complexity index is 405. The maximum absolute atomic E-state index is 5.22. The van der Waals surface area contributed by atoms with Gasteiger partial charge in [0.15, 0.2) is 0 Å². The van der Waals surface area contributed by atoms with Crippen molar-refractivity contribution in [3.05, 3.63) is 29.9 Å². The fourth-order valence-electron chi connectivity index (χ4n) is 1.70. The van der Waals surface area contributed by atoms with Crippen molar-refractivity contribution in [3.63, 3.8) is 0 Å². The van der Waals surface area contributed by atoms with Crippen LogP contribution in [-0.4, -0.2) is 61.1 Å². The molecule has 0 radical (unpaired) electrons. The summed E-state index contributed by atoms with van der Waals surface area (Å²) in [4.78, 5) is 4.19. The van der Waals surface area contributed by atoms with E-state index in [1.54, 1.807) is 0 Å². The minimum absolute atomic E-state index is 0. The molecule has 0 aromatic carbocycles. The van der Waals surface area contributed by atoms with Gasteiger partial charge in [0.2, 0.25) is 0 Å². The van der Waals surface area contributed by atoms with Crippen LogP contribution in [0, 0.1) is 0 Å². The standard InChI is InChI=1S/C8H13N2Si.C8H16O4.Li/c1-11(2,3)10-8-6-4-5-7-9-8;1-2-10-5-6-12-8-7-11-4-3-9-1;/h4-7H,1-3H3;1-8H2;/q-1;;+1/p+1. The largest absolute Gasteiger partial charge is 1.00 e. The van der Waals surface area contributed by atoms with E-state index in [1.807, 2.05) is 24.4 Å². The third kappa shape index (κ3) is 15.2. The van der Waals surface area contributed by atoms with Gasteiger partial charge in [-0.15, -0.1) is 0 Å². The number of nitrogens with zero attached hydrogens (tertiary/aromatic N) is 1. The average Bonchev–Trinajstić information content (AvgIpc) is 2.48. The predicted molar refractivity (Wildman–Crippen MR) is 90.5 cm³/mol. The molecule has 0 spiro atoms. The summed E-state index contributed by atoms with van der Waals surface area (Å²) in [6.07, 6.45) is 1.81. The van der Waals surface area contributed by atoms with Gasteiger partial charge in [-0.3, -0.25) is 0 Å². The summed E-state index contributed by atoms with van der Waals surface area (Å²) in [7, 11) is -1.21. The molecule has 0 amide bonds.